The van der Waals surface area contributed by atoms with E-state index in [9.17, 15) is 20.1 Å². The molecule has 0 radical (unpaired) electrons. The number of aliphatic hydroxyl groups excluding tert-OH is 1. The fourth-order valence-electron chi connectivity index (χ4n) is 7.64. The molecule has 7 heteroatoms. The fraction of sp³-hybridized carbons (Fsp3) is 0.963. The van der Waals surface area contributed by atoms with E-state index in [0.29, 0.717) is 58.1 Å². The Balaban J connectivity index is 1.59. The molecule has 0 unspecified atom stereocenters. The van der Waals surface area contributed by atoms with Crippen LogP contribution in [0, 0.1) is 22.7 Å². The van der Waals surface area contributed by atoms with E-state index in [-0.39, 0.29) is 22.8 Å². The number of aliphatic hydroxyl groups is 3. The maximum atomic E-state index is 11.9. The van der Waals surface area contributed by atoms with Crippen LogP contribution in [0.4, 0.5) is 4.79 Å². The minimum Gasteiger partial charge on any atom is -0.450 e. The maximum absolute atomic E-state index is 11.9. The molecule has 0 aromatic heterocycles. The average molecular weight is 483 g/mol. The molecule has 198 valence electrons. The summed E-state index contributed by atoms with van der Waals surface area (Å²) in [5.41, 5.74) is -1.66. The first kappa shape index (κ1) is 27.7. The molecule has 3 fully saturated rings. The van der Waals surface area contributed by atoms with Gasteiger partial charge in [0.2, 0.25) is 0 Å². The molecule has 1 heterocycles. The van der Waals surface area contributed by atoms with Gasteiger partial charge >= 0.3 is 6.09 Å². The molecule has 0 spiro atoms. The van der Waals surface area contributed by atoms with E-state index >= 15 is 0 Å². The van der Waals surface area contributed by atoms with E-state index in [0.717, 1.165) is 19.3 Å². The van der Waals surface area contributed by atoms with Crippen molar-refractivity contribution in [1.29, 1.82) is 0 Å². The lowest BCUT2D eigenvalue weighted by atomic mass is 9.45. The summed E-state index contributed by atoms with van der Waals surface area (Å²) in [5.74, 6) is 0.676. The van der Waals surface area contributed by atoms with Crippen molar-refractivity contribution in [3.63, 3.8) is 0 Å². The van der Waals surface area contributed by atoms with Crippen molar-refractivity contribution >= 4 is 6.09 Å². The number of fused-ring (bicyclic) bond motifs is 1. The number of amides is 1. The maximum Gasteiger partial charge on any atom is 0.409 e. The number of piperazine rings is 1. The summed E-state index contributed by atoms with van der Waals surface area (Å²) in [6.45, 7) is 15.8. The summed E-state index contributed by atoms with van der Waals surface area (Å²) in [6.07, 6.45) is 5.40. The zero-order chi connectivity index (χ0) is 25.4. The Labute approximate surface area is 206 Å². The highest BCUT2D eigenvalue weighted by Crippen LogP contribution is 2.63. The van der Waals surface area contributed by atoms with Gasteiger partial charge < -0.3 is 25.0 Å². The summed E-state index contributed by atoms with van der Waals surface area (Å²) < 4.78 is 5.08. The number of hydrogen-bond donors (Lipinski definition) is 3. The van der Waals surface area contributed by atoms with Crippen LogP contribution >= 0.6 is 0 Å². The van der Waals surface area contributed by atoms with Crippen molar-refractivity contribution in [3.8, 4) is 0 Å². The van der Waals surface area contributed by atoms with Crippen LogP contribution in [0.1, 0.15) is 86.5 Å². The zero-order valence-corrected chi connectivity index (χ0v) is 22.5. The zero-order valence-electron chi connectivity index (χ0n) is 22.5. The van der Waals surface area contributed by atoms with Crippen molar-refractivity contribution in [2.75, 3.05) is 39.3 Å². The Morgan fingerprint density at radius 2 is 1.76 bits per heavy atom. The van der Waals surface area contributed by atoms with Crippen LogP contribution in [-0.2, 0) is 4.74 Å². The third-order valence-electron chi connectivity index (χ3n) is 9.75. The fourth-order valence-corrected chi connectivity index (χ4v) is 7.64. The van der Waals surface area contributed by atoms with Gasteiger partial charge in [-0.3, -0.25) is 4.90 Å². The van der Waals surface area contributed by atoms with Gasteiger partial charge in [-0.05, 0) is 82.0 Å². The molecule has 1 aliphatic heterocycles. The van der Waals surface area contributed by atoms with E-state index < -0.39 is 17.3 Å². The summed E-state index contributed by atoms with van der Waals surface area (Å²) in [7, 11) is 0. The first-order chi connectivity index (χ1) is 15.7. The summed E-state index contributed by atoms with van der Waals surface area (Å²) >= 11 is 0. The van der Waals surface area contributed by atoms with Crippen LogP contribution in [0.3, 0.4) is 0 Å². The number of β-amino-alcohol motifs (C(OH)–C–C–N with tert-alkyl or cyclic N) is 1. The molecule has 1 amide bonds. The molecule has 3 aliphatic rings. The number of hydrogen-bond acceptors (Lipinski definition) is 6. The molecule has 2 saturated carbocycles. The Morgan fingerprint density at radius 3 is 2.38 bits per heavy atom. The number of carbonyl (C=O) groups is 1. The lowest BCUT2D eigenvalue weighted by molar-refractivity contribution is -0.176. The number of rotatable bonds is 7. The second-order valence-electron chi connectivity index (χ2n) is 12.7. The molecule has 0 bridgehead atoms. The molecule has 34 heavy (non-hydrogen) atoms. The van der Waals surface area contributed by atoms with E-state index in [1.165, 1.54) is 12.8 Å². The SMILES string of the molecule is CCOC(=O)N1CCN(C[C@@H](O)[C@](C)(O)CC[C@@H]2[C@@]3(C)CCCC(C)(C)[C@@H]3CC[C@@]2(C)O)CC1. The molecule has 2 aliphatic carbocycles. The standard InChI is InChI=1S/C27H50N2O5/c1-7-34-23(31)29-17-15-28(16-18-29)19-22(30)27(6,33)14-10-21-25(4)12-8-11-24(2,3)20(25)9-13-26(21,5)32/h20-22,30,32-33H,7-19H2,1-6H3/t20-,21+,22+,25-,26+,27+/m0/s1. The lowest BCUT2D eigenvalue weighted by Gasteiger charge is -2.61. The molecule has 7 nitrogen and oxygen atoms in total. The largest absolute Gasteiger partial charge is 0.450 e. The molecule has 3 N–H and O–H groups in total. The topological polar surface area (TPSA) is 93.5 Å². The minimum atomic E-state index is -1.23. The Kier molecular flexibility index (Phi) is 8.33. The van der Waals surface area contributed by atoms with Gasteiger partial charge in [0.05, 0.1) is 23.9 Å². The molecular weight excluding hydrogens is 432 g/mol. The van der Waals surface area contributed by atoms with Gasteiger partial charge in [-0.2, -0.15) is 0 Å². The van der Waals surface area contributed by atoms with E-state index in [4.69, 9.17) is 4.74 Å². The quantitative estimate of drug-likeness (QED) is 0.513. The smallest absolute Gasteiger partial charge is 0.409 e. The Hall–Kier alpha value is -0.890. The van der Waals surface area contributed by atoms with Crippen LogP contribution in [-0.4, -0.2) is 87.8 Å². The number of ether oxygens (including phenoxy) is 1. The lowest BCUT2D eigenvalue weighted by Crippen LogP contribution is -2.58. The highest BCUT2D eigenvalue weighted by atomic mass is 16.6. The van der Waals surface area contributed by atoms with Crippen LogP contribution in [0.15, 0.2) is 0 Å². The van der Waals surface area contributed by atoms with Gasteiger partial charge in [-0.25, -0.2) is 4.79 Å². The van der Waals surface area contributed by atoms with Gasteiger partial charge in [0.25, 0.3) is 0 Å². The Bertz CT molecular complexity index is 701. The van der Waals surface area contributed by atoms with Gasteiger partial charge in [0.15, 0.2) is 0 Å². The van der Waals surface area contributed by atoms with Crippen molar-refractivity contribution in [2.24, 2.45) is 22.7 Å². The third-order valence-corrected chi connectivity index (χ3v) is 9.75. The second-order valence-corrected chi connectivity index (χ2v) is 12.7. The van der Waals surface area contributed by atoms with Gasteiger partial charge in [-0.15, -0.1) is 0 Å². The van der Waals surface area contributed by atoms with Crippen molar-refractivity contribution in [2.45, 2.75) is 104 Å². The highest BCUT2D eigenvalue weighted by molar-refractivity contribution is 5.67. The predicted molar refractivity (Wildman–Crippen MR) is 133 cm³/mol. The van der Waals surface area contributed by atoms with Crippen LogP contribution in [0.25, 0.3) is 0 Å². The van der Waals surface area contributed by atoms with E-state index in [2.05, 4.69) is 25.7 Å². The molecule has 3 rings (SSSR count). The van der Waals surface area contributed by atoms with Crippen LogP contribution in [0.2, 0.25) is 0 Å². The second kappa shape index (κ2) is 10.2. The normalized spacial score (nSPS) is 36.9. The predicted octanol–water partition coefficient (Wildman–Crippen LogP) is 3.65. The summed E-state index contributed by atoms with van der Waals surface area (Å²) in [5, 5.41) is 33.7. The first-order valence-electron chi connectivity index (χ1n) is 13.5. The molecular formula is C27H50N2O5. The summed E-state index contributed by atoms with van der Waals surface area (Å²) in [4.78, 5) is 15.7. The van der Waals surface area contributed by atoms with Gasteiger partial charge in [0.1, 0.15) is 0 Å². The van der Waals surface area contributed by atoms with Crippen LogP contribution in [0.5, 0.6) is 0 Å². The van der Waals surface area contributed by atoms with E-state index in [1.54, 1.807) is 18.7 Å². The third kappa shape index (κ3) is 5.74. The molecule has 0 aromatic rings. The summed E-state index contributed by atoms with van der Waals surface area (Å²) in [6, 6.07) is 0. The van der Waals surface area contributed by atoms with Crippen molar-refractivity contribution in [3.05, 3.63) is 0 Å². The molecule has 0 aromatic carbocycles. The van der Waals surface area contributed by atoms with Crippen LogP contribution < -0.4 is 0 Å². The average Bonchev–Trinajstić information content (AvgIpc) is 2.72. The first-order valence-corrected chi connectivity index (χ1v) is 13.5. The van der Waals surface area contributed by atoms with E-state index in [1.807, 2.05) is 6.92 Å². The molecule has 6 atom stereocenters. The van der Waals surface area contributed by atoms with Gasteiger partial charge in [-0.1, -0.05) is 27.2 Å². The van der Waals surface area contributed by atoms with Crippen molar-refractivity contribution < 1.29 is 24.9 Å². The highest BCUT2D eigenvalue weighted by Gasteiger charge is 2.58. The monoisotopic (exact) mass is 482 g/mol. The number of nitrogens with zero attached hydrogens (tertiary/aromatic N) is 2. The van der Waals surface area contributed by atoms with Crippen molar-refractivity contribution in [1.82, 2.24) is 9.80 Å². The molecule has 1 saturated heterocycles. The number of carbonyl (C=O) groups excluding carboxylic acids is 1. The van der Waals surface area contributed by atoms with Gasteiger partial charge in [0, 0.05) is 32.7 Å². The Morgan fingerprint density at radius 1 is 1.12 bits per heavy atom. The minimum absolute atomic E-state index is 0.0496.